The van der Waals surface area contributed by atoms with Crippen LogP contribution in [0, 0.1) is 13.8 Å². The molecule has 2 heterocycles. The summed E-state index contributed by atoms with van der Waals surface area (Å²) in [5.74, 6) is -0.510. The van der Waals surface area contributed by atoms with Crippen LogP contribution < -0.4 is 5.32 Å². The maximum atomic E-state index is 11.7. The molecule has 106 valence electrons. The number of anilines is 1. The van der Waals surface area contributed by atoms with Crippen LogP contribution in [0.5, 0.6) is 0 Å². The normalized spacial score (nSPS) is 10.6. The van der Waals surface area contributed by atoms with Gasteiger partial charge in [0.15, 0.2) is 0 Å². The number of rotatable bonds is 4. The fourth-order valence-corrected chi connectivity index (χ4v) is 2.96. The lowest BCUT2D eigenvalue weighted by Gasteiger charge is -2.06. The molecular weight excluding hydrogens is 282 g/mol. The van der Waals surface area contributed by atoms with Gasteiger partial charge in [0.2, 0.25) is 0 Å². The van der Waals surface area contributed by atoms with Crippen LogP contribution in [0.15, 0.2) is 0 Å². The zero-order valence-corrected chi connectivity index (χ0v) is 12.0. The van der Waals surface area contributed by atoms with Gasteiger partial charge in [-0.3, -0.25) is 4.79 Å². The summed E-state index contributed by atoms with van der Waals surface area (Å²) in [4.78, 5) is 31.9. The minimum absolute atomic E-state index is 0.256. The zero-order chi connectivity index (χ0) is 14.9. The van der Waals surface area contributed by atoms with Crippen LogP contribution in [0.3, 0.4) is 0 Å². The van der Waals surface area contributed by atoms with E-state index in [2.05, 4.69) is 15.3 Å². The number of aromatic nitrogens is 2. The number of ether oxygens (including phenoxy) is 1. The molecule has 2 N–H and O–H groups in total. The van der Waals surface area contributed by atoms with E-state index in [4.69, 9.17) is 9.84 Å². The first-order valence-electron chi connectivity index (χ1n) is 5.75. The van der Waals surface area contributed by atoms with Crippen LogP contribution in [0.25, 0.3) is 10.2 Å². The molecule has 0 saturated heterocycles. The van der Waals surface area contributed by atoms with E-state index in [9.17, 15) is 9.59 Å². The Bertz CT molecular complexity index is 696. The third-order valence-electron chi connectivity index (χ3n) is 2.68. The van der Waals surface area contributed by atoms with Crippen molar-refractivity contribution < 1.29 is 19.4 Å². The molecule has 2 rings (SSSR count). The summed E-state index contributed by atoms with van der Waals surface area (Å²) >= 11 is 1.21. The molecule has 0 radical (unpaired) electrons. The van der Waals surface area contributed by atoms with Gasteiger partial charge in [-0.15, -0.1) is 11.3 Å². The molecule has 2 aromatic rings. The van der Waals surface area contributed by atoms with E-state index in [1.54, 1.807) is 13.8 Å². The first kappa shape index (κ1) is 14.2. The van der Waals surface area contributed by atoms with E-state index in [-0.39, 0.29) is 6.54 Å². The number of methoxy groups -OCH3 is 1. The van der Waals surface area contributed by atoms with Gasteiger partial charge in [0.25, 0.3) is 0 Å². The molecule has 2 aromatic heterocycles. The smallest absolute Gasteiger partial charge is 0.348 e. The van der Waals surface area contributed by atoms with Crippen molar-refractivity contribution >= 4 is 39.3 Å². The van der Waals surface area contributed by atoms with Crippen molar-refractivity contribution in [2.24, 2.45) is 0 Å². The van der Waals surface area contributed by atoms with Crippen LogP contribution in [-0.2, 0) is 9.53 Å². The van der Waals surface area contributed by atoms with Crippen molar-refractivity contribution in [1.29, 1.82) is 0 Å². The number of carboxylic acids is 1. The van der Waals surface area contributed by atoms with Crippen molar-refractivity contribution in [2.75, 3.05) is 19.0 Å². The molecule has 7 nitrogen and oxygen atoms in total. The van der Waals surface area contributed by atoms with Gasteiger partial charge in [-0.2, -0.15) is 0 Å². The van der Waals surface area contributed by atoms with Gasteiger partial charge in [0.05, 0.1) is 12.5 Å². The quantitative estimate of drug-likeness (QED) is 0.826. The summed E-state index contributed by atoms with van der Waals surface area (Å²) in [6.45, 7) is 3.21. The summed E-state index contributed by atoms with van der Waals surface area (Å²) in [6, 6.07) is 0. The Labute approximate surface area is 118 Å². The van der Waals surface area contributed by atoms with E-state index in [0.29, 0.717) is 32.3 Å². The molecule has 8 heteroatoms. The zero-order valence-electron chi connectivity index (χ0n) is 11.2. The van der Waals surface area contributed by atoms with Gasteiger partial charge in [-0.1, -0.05) is 0 Å². The predicted octanol–water partition coefficient (Wildman–Crippen LogP) is 1.59. The number of nitrogens with one attached hydrogen (secondary N) is 1. The number of thiophene rings is 1. The van der Waals surface area contributed by atoms with E-state index >= 15 is 0 Å². The van der Waals surface area contributed by atoms with Gasteiger partial charge in [0.1, 0.15) is 27.9 Å². The molecule has 0 fully saturated rings. The molecular formula is C12H13N3O4S. The van der Waals surface area contributed by atoms with Gasteiger partial charge >= 0.3 is 11.9 Å². The van der Waals surface area contributed by atoms with E-state index in [0.717, 1.165) is 0 Å². The molecule has 0 bridgehead atoms. The largest absolute Gasteiger partial charge is 0.480 e. The fraction of sp³-hybridized carbons (Fsp3) is 0.333. The number of carboxylic acid groups (broad SMARTS) is 1. The van der Waals surface area contributed by atoms with Crippen molar-refractivity contribution in [1.82, 2.24) is 9.97 Å². The number of nitrogens with zero attached hydrogens (tertiary/aromatic N) is 2. The lowest BCUT2D eigenvalue weighted by atomic mass is 10.2. The van der Waals surface area contributed by atoms with Crippen molar-refractivity contribution in [3.63, 3.8) is 0 Å². The Kier molecular flexibility index (Phi) is 3.84. The second-order valence-electron chi connectivity index (χ2n) is 4.09. The van der Waals surface area contributed by atoms with Gasteiger partial charge in [-0.05, 0) is 19.4 Å². The third kappa shape index (κ3) is 2.55. The highest BCUT2D eigenvalue weighted by atomic mass is 32.1. The number of aliphatic carboxylic acids is 1. The summed E-state index contributed by atoms with van der Waals surface area (Å²) in [6.07, 6.45) is 0. The second-order valence-corrected chi connectivity index (χ2v) is 5.09. The summed E-state index contributed by atoms with van der Waals surface area (Å²) < 4.78 is 4.72. The number of fused-ring (bicyclic) bond motifs is 1. The van der Waals surface area contributed by atoms with E-state index in [1.807, 2.05) is 0 Å². The molecule has 0 unspecified atom stereocenters. The highest BCUT2D eigenvalue weighted by molar-refractivity contribution is 7.20. The Morgan fingerprint density at radius 3 is 2.65 bits per heavy atom. The molecule has 0 aliphatic carbocycles. The second kappa shape index (κ2) is 5.41. The molecule has 0 aromatic carbocycles. The number of hydrogen-bond donors (Lipinski definition) is 2. The highest BCUT2D eigenvalue weighted by Gasteiger charge is 2.20. The number of esters is 1. The molecule has 0 amide bonds. The molecule has 0 atom stereocenters. The van der Waals surface area contributed by atoms with E-state index < -0.39 is 11.9 Å². The van der Waals surface area contributed by atoms with Gasteiger partial charge in [-0.25, -0.2) is 14.8 Å². The monoisotopic (exact) mass is 295 g/mol. The van der Waals surface area contributed by atoms with Gasteiger partial charge < -0.3 is 15.2 Å². The van der Waals surface area contributed by atoms with Crippen LogP contribution in [0.1, 0.15) is 21.1 Å². The number of carbonyl (C=O) groups excluding carboxylic acids is 1. The Morgan fingerprint density at radius 1 is 1.35 bits per heavy atom. The first-order chi connectivity index (χ1) is 9.43. The molecule has 0 saturated carbocycles. The Morgan fingerprint density at radius 2 is 2.05 bits per heavy atom. The predicted molar refractivity (Wildman–Crippen MR) is 74.4 cm³/mol. The number of hydrogen-bond acceptors (Lipinski definition) is 7. The summed E-state index contributed by atoms with van der Waals surface area (Å²) in [5.41, 5.74) is 0.685. The Balaban J connectivity index is 2.59. The maximum Gasteiger partial charge on any atom is 0.348 e. The lowest BCUT2D eigenvalue weighted by Crippen LogP contribution is -2.14. The lowest BCUT2D eigenvalue weighted by molar-refractivity contribution is -0.134. The molecule has 20 heavy (non-hydrogen) atoms. The SMILES string of the molecule is COC(=O)c1sc2nc(C)nc(NCC(=O)O)c2c1C. The minimum Gasteiger partial charge on any atom is -0.480 e. The first-order valence-corrected chi connectivity index (χ1v) is 6.57. The summed E-state index contributed by atoms with van der Waals surface area (Å²) in [7, 11) is 1.31. The molecule has 0 aliphatic heterocycles. The standard InChI is InChI=1S/C12H13N3O4S/c1-5-8-10(13-4-7(16)17)14-6(2)15-11(8)20-9(5)12(18)19-3/h4H2,1-3H3,(H,16,17)(H,13,14,15). The fourth-order valence-electron chi connectivity index (χ4n) is 1.82. The average Bonchev–Trinajstić information content (AvgIpc) is 2.72. The minimum atomic E-state index is -0.990. The summed E-state index contributed by atoms with van der Waals surface area (Å²) in [5, 5.41) is 12.1. The van der Waals surface area contributed by atoms with E-state index in [1.165, 1.54) is 18.4 Å². The number of carbonyl (C=O) groups is 2. The van der Waals surface area contributed by atoms with Gasteiger partial charge in [0, 0.05) is 0 Å². The third-order valence-corrected chi connectivity index (χ3v) is 3.85. The average molecular weight is 295 g/mol. The van der Waals surface area contributed by atoms with Crippen molar-refractivity contribution in [2.45, 2.75) is 13.8 Å². The topological polar surface area (TPSA) is 101 Å². The number of aryl methyl sites for hydroxylation is 2. The molecule has 0 aliphatic rings. The van der Waals surface area contributed by atoms with Crippen LogP contribution in [-0.4, -0.2) is 40.7 Å². The van der Waals surface area contributed by atoms with Crippen molar-refractivity contribution in [3.8, 4) is 0 Å². The van der Waals surface area contributed by atoms with Crippen molar-refractivity contribution in [3.05, 3.63) is 16.3 Å². The van der Waals surface area contributed by atoms with Crippen LogP contribution in [0.4, 0.5) is 5.82 Å². The molecule has 0 spiro atoms. The Hall–Kier alpha value is -2.22. The highest BCUT2D eigenvalue weighted by Crippen LogP contribution is 2.34. The van der Waals surface area contributed by atoms with Crippen LogP contribution >= 0.6 is 11.3 Å². The maximum absolute atomic E-state index is 11.7. The van der Waals surface area contributed by atoms with Crippen LogP contribution in [0.2, 0.25) is 0 Å².